The number of para-hydroxylation sites is 1. The van der Waals surface area contributed by atoms with Gasteiger partial charge in [0.2, 0.25) is 0 Å². The highest BCUT2D eigenvalue weighted by atomic mass is 32.2. The van der Waals surface area contributed by atoms with Crippen LogP contribution in [0.4, 0.5) is 18.9 Å². The Labute approximate surface area is 146 Å². The van der Waals surface area contributed by atoms with Gasteiger partial charge >= 0.3 is 5.51 Å². The standard InChI is InChI=1S/C16H21N.CHF3O3S/c1-3-16(14-10-6-4-7-11-14)17(2)15-12-8-5-9-13-15;2-1(3,4)8(5,6)7/h1,5,8-9,12-14,16H,4,6-7,10-11H2,2H3;(H,5,6,7)/t16-;/m0./s1. The molecule has 1 unspecified atom stereocenters. The molecule has 0 aliphatic heterocycles. The van der Waals surface area contributed by atoms with E-state index in [9.17, 15) is 13.2 Å². The molecule has 8 heteroatoms. The van der Waals surface area contributed by atoms with Crippen LogP contribution in [0.25, 0.3) is 0 Å². The Bertz CT molecular complexity index is 663. The molecule has 1 aromatic carbocycles. The molecule has 25 heavy (non-hydrogen) atoms. The van der Waals surface area contributed by atoms with Crippen LogP contribution in [-0.2, 0) is 10.1 Å². The van der Waals surface area contributed by atoms with Gasteiger partial charge < -0.3 is 4.55 Å². The molecule has 0 spiro atoms. The van der Waals surface area contributed by atoms with Crippen LogP contribution in [0.15, 0.2) is 30.3 Å². The summed E-state index contributed by atoms with van der Waals surface area (Å²) in [6.07, 6.45) is 12.5. The molecule has 1 N–H and O–H groups in total. The number of hydrogen-bond donors (Lipinski definition) is 1. The largest absolute Gasteiger partial charge is 0.741 e. The van der Waals surface area contributed by atoms with Gasteiger partial charge in [0.25, 0.3) is 0 Å². The summed E-state index contributed by atoms with van der Waals surface area (Å²) < 4.78 is 58.9. The van der Waals surface area contributed by atoms with Crippen LogP contribution >= 0.6 is 0 Å². The summed E-state index contributed by atoms with van der Waals surface area (Å²) in [5.41, 5.74) is -4.34. The summed E-state index contributed by atoms with van der Waals surface area (Å²) in [5.74, 6) is 3.74. The predicted molar refractivity (Wildman–Crippen MR) is 87.9 cm³/mol. The first kappa shape index (κ1) is 21.5. The zero-order valence-electron chi connectivity index (χ0n) is 13.9. The Morgan fingerprint density at radius 3 is 2.08 bits per heavy atom. The van der Waals surface area contributed by atoms with Crippen LogP contribution < -0.4 is 4.90 Å². The summed E-state index contributed by atoms with van der Waals surface area (Å²) in [7, 11) is -3.89. The number of terminal acetylenes is 1. The number of nitrogens with one attached hydrogen (secondary N) is 1. The van der Waals surface area contributed by atoms with Crippen molar-refractivity contribution in [2.24, 2.45) is 5.92 Å². The second-order valence-electron chi connectivity index (χ2n) is 5.99. The van der Waals surface area contributed by atoms with E-state index in [4.69, 9.17) is 19.4 Å². The SMILES string of the molecule is C#C[C@@H](C1CCCCC1)[NH+](C)c1ccccc1.O=S(=O)([O-])C(F)(F)F. The van der Waals surface area contributed by atoms with Gasteiger partial charge in [0.05, 0.1) is 7.05 Å². The van der Waals surface area contributed by atoms with Crippen molar-refractivity contribution in [3.63, 3.8) is 0 Å². The number of halogens is 3. The second kappa shape index (κ2) is 9.22. The molecule has 0 radical (unpaired) electrons. The topological polar surface area (TPSA) is 61.6 Å². The molecule has 0 bridgehead atoms. The van der Waals surface area contributed by atoms with E-state index in [1.54, 1.807) is 0 Å². The van der Waals surface area contributed by atoms with Crippen LogP contribution in [0, 0.1) is 18.3 Å². The Morgan fingerprint density at radius 1 is 1.20 bits per heavy atom. The van der Waals surface area contributed by atoms with E-state index in [2.05, 4.69) is 43.3 Å². The Balaban J connectivity index is 0.000000333. The maximum atomic E-state index is 10.7. The van der Waals surface area contributed by atoms with E-state index in [1.807, 2.05) is 0 Å². The van der Waals surface area contributed by atoms with Crippen molar-refractivity contribution in [1.82, 2.24) is 0 Å². The number of rotatable bonds is 3. The summed E-state index contributed by atoms with van der Waals surface area (Å²) >= 11 is 0. The van der Waals surface area contributed by atoms with E-state index >= 15 is 0 Å². The monoisotopic (exact) mass is 377 g/mol. The van der Waals surface area contributed by atoms with Gasteiger partial charge in [-0.3, -0.25) is 4.90 Å². The Hall–Kier alpha value is -1.56. The lowest BCUT2D eigenvalue weighted by molar-refractivity contribution is -0.834. The van der Waals surface area contributed by atoms with E-state index in [1.165, 1.54) is 42.7 Å². The number of benzene rings is 1. The molecule has 1 saturated carbocycles. The molecule has 2 rings (SSSR count). The van der Waals surface area contributed by atoms with Gasteiger partial charge in [-0.05, 0) is 30.9 Å². The summed E-state index contributed by atoms with van der Waals surface area (Å²) in [5, 5.41) is 0. The Morgan fingerprint density at radius 2 is 1.68 bits per heavy atom. The lowest BCUT2D eigenvalue weighted by atomic mass is 9.83. The number of hydrogen-bond acceptors (Lipinski definition) is 3. The Kier molecular flexibility index (Phi) is 7.93. The van der Waals surface area contributed by atoms with Gasteiger partial charge in [0, 0.05) is 5.92 Å². The van der Waals surface area contributed by atoms with Crippen molar-refractivity contribution in [3.8, 4) is 12.3 Å². The highest BCUT2D eigenvalue weighted by molar-refractivity contribution is 7.86. The minimum absolute atomic E-state index is 0.331. The predicted octanol–water partition coefficient (Wildman–Crippen LogP) is 2.47. The number of quaternary nitrogens is 1. The van der Waals surface area contributed by atoms with Crippen molar-refractivity contribution in [2.75, 3.05) is 7.05 Å². The first-order valence-corrected chi connectivity index (χ1v) is 9.36. The minimum Gasteiger partial charge on any atom is -0.741 e. The zero-order chi connectivity index (χ0) is 19.1. The third-order valence-corrected chi connectivity index (χ3v) is 4.85. The third-order valence-electron chi connectivity index (χ3n) is 4.28. The molecule has 4 nitrogen and oxygen atoms in total. The molecule has 140 valence electrons. The van der Waals surface area contributed by atoms with Gasteiger partial charge in [0.1, 0.15) is 5.69 Å². The van der Waals surface area contributed by atoms with Gasteiger partial charge in [0.15, 0.2) is 16.2 Å². The van der Waals surface area contributed by atoms with E-state index in [0.717, 1.165) is 0 Å². The molecule has 0 heterocycles. The molecule has 2 atom stereocenters. The van der Waals surface area contributed by atoms with Crippen LogP contribution in [0.2, 0.25) is 0 Å². The molecule has 1 aliphatic rings. The highest BCUT2D eigenvalue weighted by Gasteiger charge is 2.37. The quantitative estimate of drug-likeness (QED) is 0.500. The third kappa shape index (κ3) is 6.69. The lowest BCUT2D eigenvalue weighted by Crippen LogP contribution is -3.09. The zero-order valence-corrected chi connectivity index (χ0v) is 14.7. The minimum atomic E-state index is -6.09. The second-order valence-corrected chi connectivity index (χ2v) is 7.36. The maximum Gasteiger partial charge on any atom is 0.485 e. The van der Waals surface area contributed by atoms with Crippen LogP contribution in [0.1, 0.15) is 32.1 Å². The van der Waals surface area contributed by atoms with Gasteiger partial charge in [-0.2, -0.15) is 13.2 Å². The van der Waals surface area contributed by atoms with E-state index in [-0.39, 0.29) is 0 Å². The van der Waals surface area contributed by atoms with Crippen molar-refractivity contribution in [3.05, 3.63) is 30.3 Å². The molecule has 1 aliphatic carbocycles. The van der Waals surface area contributed by atoms with E-state index < -0.39 is 15.6 Å². The molecular weight excluding hydrogens is 355 g/mol. The van der Waals surface area contributed by atoms with Crippen molar-refractivity contribution < 1.29 is 31.0 Å². The first-order valence-electron chi connectivity index (χ1n) is 7.95. The summed E-state index contributed by atoms with van der Waals surface area (Å²) in [6.45, 7) is 0. The normalized spacial score (nSPS) is 18.4. The average Bonchev–Trinajstić information content (AvgIpc) is 2.56. The van der Waals surface area contributed by atoms with Crippen LogP contribution in [0.5, 0.6) is 0 Å². The van der Waals surface area contributed by atoms with Crippen molar-refractivity contribution in [2.45, 2.75) is 43.7 Å². The smallest absolute Gasteiger partial charge is 0.485 e. The fraction of sp³-hybridized carbons (Fsp3) is 0.529. The highest BCUT2D eigenvalue weighted by Crippen LogP contribution is 2.25. The maximum absolute atomic E-state index is 10.7. The van der Waals surface area contributed by atoms with Gasteiger partial charge in [-0.1, -0.05) is 37.5 Å². The van der Waals surface area contributed by atoms with Gasteiger partial charge in [-0.25, -0.2) is 8.42 Å². The molecule has 1 fully saturated rings. The van der Waals surface area contributed by atoms with Crippen LogP contribution in [0.3, 0.4) is 0 Å². The lowest BCUT2D eigenvalue weighted by Gasteiger charge is -2.30. The average molecular weight is 377 g/mol. The molecule has 0 saturated heterocycles. The molecule has 1 aromatic rings. The summed E-state index contributed by atoms with van der Waals surface area (Å²) in [6, 6.07) is 10.9. The van der Waals surface area contributed by atoms with Crippen molar-refractivity contribution >= 4 is 15.8 Å². The molecule has 0 aromatic heterocycles. The van der Waals surface area contributed by atoms with Crippen molar-refractivity contribution in [1.29, 1.82) is 0 Å². The fourth-order valence-corrected chi connectivity index (χ4v) is 2.96. The molecule has 0 amide bonds. The fourth-order valence-electron chi connectivity index (χ4n) is 2.96. The summed E-state index contributed by atoms with van der Waals surface area (Å²) in [4.78, 5) is 1.38. The van der Waals surface area contributed by atoms with E-state index in [0.29, 0.717) is 12.0 Å². The number of alkyl halides is 3. The van der Waals surface area contributed by atoms with Gasteiger partial charge in [-0.15, -0.1) is 6.42 Å². The molecular formula is C17H22F3NO3S. The first-order chi connectivity index (χ1) is 11.6. The van der Waals surface area contributed by atoms with Crippen LogP contribution in [-0.4, -0.2) is 31.6 Å².